The molecule has 0 aliphatic carbocycles. The molecule has 294 valence electrons. The van der Waals surface area contributed by atoms with Crippen molar-refractivity contribution in [1.82, 2.24) is 10.2 Å². The molecule has 0 fully saturated rings. The first-order valence-corrected chi connectivity index (χ1v) is 20.0. The number of benzene rings is 4. The normalized spacial score (nSPS) is 10.7. The summed E-state index contributed by atoms with van der Waals surface area (Å²) in [5.74, 6) is 0.118. The van der Waals surface area contributed by atoms with Gasteiger partial charge in [-0.05, 0) is 121 Å². The Morgan fingerprint density at radius 2 is 1.04 bits per heavy atom. The number of carboxylic acid groups (broad SMARTS) is 1. The fraction of sp³-hybridized carbons (Fsp3) is 0.182. The minimum absolute atomic E-state index is 0.0710. The summed E-state index contributed by atoms with van der Waals surface area (Å²) in [6.07, 6.45) is 0.0577. The maximum Gasteiger partial charge on any atom is 0.307 e. The molecule has 2 aromatic heterocycles. The van der Waals surface area contributed by atoms with Crippen molar-refractivity contribution >= 4 is 69.3 Å². The number of aliphatic carboxylic acids is 1. The summed E-state index contributed by atoms with van der Waals surface area (Å²) >= 11 is 14.6. The van der Waals surface area contributed by atoms with Crippen LogP contribution in [0, 0.1) is 0 Å². The largest absolute Gasteiger partial charge is 0.497 e. The molecule has 9 nitrogen and oxygen atoms in total. The number of rotatable bonds is 15. The number of hydrogen-bond acceptors (Lipinski definition) is 9. The average Bonchev–Trinajstić information content (AvgIpc) is 3.82. The Morgan fingerprint density at radius 3 is 1.40 bits per heavy atom. The van der Waals surface area contributed by atoms with Gasteiger partial charge in [0.15, 0.2) is 0 Å². The highest BCUT2D eigenvalue weighted by molar-refractivity contribution is 7.18. The van der Waals surface area contributed by atoms with Crippen molar-refractivity contribution < 1.29 is 33.8 Å². The van der Waals surface area contributed by atoms with Crippen molar-refractivity contribution in [1.29, 1.82) is 0 Å². The van der Waals surface area contributed by atoms with Crippen LogP contribution in [-0.2, 0) is 22.4 Å². The number of likely N-dealkylation sites (N-methyl/N-ethyl adjacent to an activating group) is 1. The Labute approximate surface area is 349 Å². The van der Waals surface area contributed by atoms with Gasteiger partial charge in [-0.3, -0.25) is 19.2 Å². The van der Waals surface area contributed by atoms with E-state index in [1.807, 2.05) is 61.5 Å². The second-order valence-corrected chi connectivity index (χ2v) is 15.9. The highest BCUT2D eigenvalue weighted by Crippen LogP contribution is 2.37. The number of ether oxygens (including phenoxy) is 2. The summed E-state index contributed by atoms with van der Waals surface area (Å²) < 4.78 is 10.3. The van der Waals surface area contributed by atoms with E-state index in [-0.39, 0.29) is 30.3 Å². The summed E-state index contributed by atoms with van der Waals surface area (Å²) in [5.41, 5.74) is 4.31. The molecule has 0 radical (unpaired) electrons. The van der Waals surface area contributed by atoms with Gasteiger partial charge < -0.3 is 24.8 Å². The van der Waals surface area contributed by atoms with Gasteiger partial charge in [0.25, 0.3) is 0 Å². The van der Waals surface area contributed by atoms with Gasteiger partial charge in [0.1, 0.15) is 11.5 Å². The maximum atomic E-state index is 13.1. The van der Waals surface area contributed by atoms with Gasteiger partial charge in [-0.25, -0.2) is 0 Å². The summed E-state index contributed by atoms with van der Waals surface area (Å²) in [7, 11) is 7.07. The fourth-order valence-electron chi connectivity index (χ4n) is 5.62. The summed E-state index contributed by atoms with van der Waals surface area (Å²) in [4.78, 5) is 54.3. The molecule has 2 heterocycles. The Hall–Kier alpha value is -5.30. The van der Waals surface area contributed by atoms with E-state index in [2.05, 4.69) is 5.32 Å². The van der Waals surface area contributed by atoms with Crippen LogP contribution in [0.5, 0.6) is 11.5 Å². The zero-order chi connectivity index (χ0) is 41.1. The number of thiophene rings is 2. The highest BCUT2D eigenvalue weighted by Gasteiger charge is 2.21. The number of methoxy groups -OCH3 is 2. The molecule has 0 unspecified atom stereocenters. The molecule has 0 saturated carbocycles. The van der Waals surface area contributed by atoms with Crippen LogP contribution in [0.15, 0.2) is 109 Å². The molecular formula is C44H40Cl2N2O7S2. The Morgan fingerprint density at radius 1 is 0.632 bits per heavy atom. The third-order valence-electron chi connectivity index (χ3n) is 8.56. The number of carbonyl (C=O) groups excluding carboxylic acids is 3. The van der Waals surface area contributed by atoms with Crippen molar-refractivity contribution in [2.45, 2.75) is 12.8 Å². The van der Waals surface area contributed by atoms with Crippen molar-refractivity contribution in [2.75, 3.05) is 41.4 Å². The molecule has 0 saturated heterocycles. The topological polar surface area (TPSA) is 122 Å². The van der Waals surface area contributed by atoms with Crippen LogP contribution in [-0.4, -0.2) is 74.9 Å². The Balaban J connectivity index is 0.000000221. The number of ketones is 2. The van der Waals surface area contributed by atoms with Crippen LogP contribution in [0.3, 0.4) is 0 Å². The first kappa shape index (κ1) is 42.8. The maximum absolute atomic E-state index is 13.1. The van der Waals surface area contributed by atoms with E-state index in [1.54, 1.807) is 80.9 Å². The van der Waals surface area contributed by atoms with Gasteiger partial charge >= 0.3 is 5.97 Å². The number of nitrogens with zero attached hydrogens (tertiary/aromatic N) is 1. The van der Waals surface area contributed by atoms with Crippen LogP contribution >= 0.6 is 45.9 Å². The molecule has 0 aliphatic rings. The second-order valence-electron chi connectivity index (χ2n) is 13.0. The lowest BCUT2D eigenvalue weighted by atomic mass is 10.0. The van der Waals surface area contributed by atoms with E-state index in [1.165, 1.54) is 22.7 Å². The quantitative estimate of drug-likeness (QED) is 0.0982. The van der Waals surface area contributed by atoms with E-state index in [4.69, 9.17) is 32.7 Å². The number of hydrogen-bond donors (Lipinski definition) is 2. The number of carboxylic acids is 1. The number of carbonyl (C=O) groups is 4. The molecule has 0 spiro atoms. The van der Waals surface area contributed by atoms with E-state index in [9.17, 15) is 24.3 Å². The summed E-state index contributed by atoms with van der Waals surface area (Å²) in [6.45, 7) is 1.34. The first-order chi connectivity index (χ1) is 27.3. The van der Waals surface area contributed by atoms with Crippen molar-refractivity contribution in [3.05, 3.63) is 151 Å². The Bertz CT molecular complexity index is 2320. The molecule has 13 heteroatoms. The zero-order valence-corrected chi connectivity index (χ0v) is 34.8. The second kappa shape index (κ2) is 20.2. The van der Waals surface area contributed by atoms with Gasteiger partial charge in [0.2, 0.25) is 17.5 Å². The molecular weight excluding hydrogens is 804 g/mol. The van der Waals surface area contributed by atoms with Crippen LogP contribution in [0.1, 0.15) is 41.6 Å². The average molecular weight is 844 g/mol. The lowest BCUT2D eigenvalue weighted by molar-refractivity contribution is -0.136. The lowest BCUT2D eigenvalue weighted by Gasteiger charge is -2.10. The van der Waals surface area contributed by atoms with Crippen LogP contribution in [0.25, 0.3) is 20.9 Å². The first-order valence-electron chi connectivity index (χ1n) is 17.6. The number of halogens is 2. The van der Waals surface area contributed by atoms with E-state index >= 15 is 0 Å². The smallest absolute Gasteiger partial charge is 0.307 e. The molecule has 0 bridgehead atoms. The minimum atomic E-state index is -0.943. The van der Waals surface area contributed by atoms with Gasteiger partial charge in [-0.2, -0.15) is 0 Å². The minimum Gasteiger partial charge on any atom is -0.497 e. The molecule has 1 amide bonds. The third-order valence-corrected chi connectivity index (χ3v) is 11.5. The molecule has 57 heavy (non-hydrogen) atoms. The molecule has 4 aromatic carbocycles. The Kier molecular flexibility index (Phi) is 15.2. The van der Waals surface area contributed by atoms with Crippen LogP contribution in [0.2, 0.25) is 10.0 Å². The predicted octanol–water partition coefficient (Wildman–Crippen LogP) is 9.46. The lowest BCUT2D eigenvalue weighted by Crippen LogP contribution is -2.32. The molecule has 6 aromatic rings. The zero-order valence-electron chi connectivity index (χ0n) is 31.6. The molecule has 2 N–H and O–H groups in total. The third kappa shape index (κ3) is 11.9. The highest BCUT2D eigenvalue weighted by atomic mass is 35.5. The molecule has 6 rings (SSSR count). The predicted molar refractivity (Wildman–Crippen MR) is 229 cm³/mol. The van der Waals surface area contributed by atoms with E-state index in [0.717, 1.165) is 33.0 Å². The monoisotopic (exact) mass is 842 g/mol. The van der Waals surface area contributed by atoms with Crippen LogP contribution < -0.4 is 14.8 Å². The summed E-state index contributed by atoms with van der Waals surface area (Å²) in [5, 5.41) is 13.4. The summed E-state index contributed by atoms with van der Waals surface area (Å²) in [6, 6.07) is 31.9. The van der Waals surface area contributed by atoms with Gasteiger partial charge in [-0.1, -0.05) is 47.5 Å². The molecule has 0 aliphatic heterocycles. The van der Waals surface area contributed by atoms with Gasteiger partial charge in [-0.15, -0.1) is 22.7 Å². The number of amides is 1. The standard InChI is InChI=1S/C24H25ClN2O3S.C20H15ClO4S/c1-27(2)13-12-26-22(28)15-18-14-21(23(29)16-6-10-20(30-3)11-7-16)31-24(18)17-4-8-19(25)9-5-17;1-25-16-8-4-12(5-9-16)19(24)17-10-14(11-18(22)23)20(26-17)13-2-6-15(21)7-3-13/h4-11,14H,12-13,15H2,1-3H3,(H,26,28);2-10H,11H2,1H3,(H,22,23). The van der Waals surface area contributed by atoms with Crippen molar-refractivity contribution in [3.8, 4) is 32.4 Å². The van der Waals surface area contributed by atoms with E-state index in [0.29, 0.717) is 54.5 Å². The van der Waals surface area contributed by atoms with Gasteiger partial charge in [0, 0.05) is 44.0 Å². The van der Waals surface area contributed by atoms with Crippen molar-refractivity contribution in [2.24, 2.45) is 0 Å². The molecule has 0 atom stereocenters. The SMILES string of the molecule is COc1ccc(C(=O)c2cc(CC(=O)NCCN(C)C)c(-c3ccc(Cl)cc3)s2)cc1.COc1ccc(C(=O)c2cc(CC(=O)O)c(-c3ccc(Cl)cc3)s2)cc1. The van der Waals surface area contributed by atoms with Crippen molar-refractivity contribution in [3.63, 3.8) is 0 Å². The van der Waals surface area contributed by atoms with Crippen LogP contribution in [0.4, 0.5) is 0 Å². The number of nitrogens with one attached hydrogen (secondary N) is 1. The van der Waals surface area contributed by atoms with E-state index < -0.39 is 5.97 Å². The fourth-order valence-corrected chi connectivity index (χ4v) is 8.17. The van der Waals surface area contributed by atoms with Gasteiger partial charge in [0.05, 0.1) is 36.8 Å².